The Balaban J connectivity index is 4.09. The Labute approximate surface area is 76.4 Å². The summed E-state index contributed by atoms with van der Waals surface area (Å²) in [7, 11) is 0. The topological polar surface area (TPSA) is 105 Å². The fourth-order valence-electron chi connectivity index (χ4n) is 0.878. The van der Waals surface area contributed by atoms with E-state index in [1.54, 1.807) is 5.48 Å². The standard InChI is InChI=1S/C7H15N3O3/c1-4(2)5(9-7(11)12)3-6(8)10-13/h4-5,9,13H,3H2,1-2H3,(H2,8,10)(H,11,12). The van der Waals surface area contributed by atoms with E-state index in [0.717, 1.165) is 0 Å². The molecular formula is C7H15N3O3. The van der Waals surface area contributed by atoms with Crippen LogP contribution in [0.15, 0.2) is 0 Å². The molecule has 0 saturated carbocycles. The Bertz CT molecular complexity index is 193. The summed E-state index contributed by atoms with van der Waals surface area (Å²) in [6.45, 7) is 3.68. The summed E-state index contributed by atoms with van der Waals surface area (Å²) in [6, 6.07) is -0.357. The van der Waals surface area contributed by atoms with Crippen LogP contribution in [0.5, 0.6) is 0 Å². The molecule has 0 aliphatic carbocycles. The van der Waals surface area contributed by atoms with Gasteiger partial charge < -0.3 is 10.4 Å². The minimum atomic E-state index is -1.12. The molecule has 1 unspecified atom stereocenters. The van der Waals surface area contributed by atoms with Crippen molar-refractivity contribution in [3.05, 3.63) is 0 Å². The first kappa shape index (κ1) is 11.7. The molecule has 0 spiro atoms. The van der Waals surface area contributed by atoms with Crippen molar-refractivity contribution in [2.75, 3.05) is 0 Å². The zero-order valence-electron chi connectivity index (χ0n) is 7.66. The van der Waals surface area contributed by atoms with Gasteiger partial charge in [0.25, 0.3) is 0 Å². The second kappa shape index (κ2) is 5.36. The highest BCUT2D eigenvalue weighted by Gasteiger charge is 2.17. The largest absolute Gasteiger partial charge is 0.465 e. The summed E-state index contributed by atoms with van der Waals surface area (Å²) in [4.78, 5) is 10.3. The van der Waals surface area contributed by atoms with Gasteiger partial charge in [0.05, 0.1) is 0 Å². The third-order valence-electron chi connectivity index (χ3n) is 1.67. The van der Waals surface area contributed by atoms with E-state index in [9.17, 15) is 4.79 Å². The van der Waals surface area contributed by atoms with Crippen LogP contribution in [-0.2, 0) is 0 Å². The van der Waals surface area contributed by atoms with Crippen molar-refractivity contribution in [2.45, 2.75) is 26.3 Å². The maximum absolute atomic E-state index is 10.3. The molecule has 0 heterocycles. The van der Waals surface area contributed by atoms with Gasteiger partial charge in [-0.3, -0.25) is 16.1 Å². The van der Waals surface area contributed by atoms with Gasteiger partial charge in [0.1, 0.15) is 5.84 Å². The van der Waals surface area contributed by atoms with Crippen LogP contribution < -0.4 is 10.8 Å². The van der Waals surface area contributed by atoms with Gasteiger partial charge in [-0.25, -0.2) is 4.79 Å². The minimum absolute atomic E-state index is 0.0739. The molecule has 0 fully saturated rings. The van der Waals surface area contributed by atoms with Crippen molar-refractivity contribution < 1.29 is 15.1 Å². The molecule has 0 bridgehead atoms. The zero-order valence-corrected chi connectivity index (χ0v) is 7.66. The molecule has 13 heavy (non-hydrogen) atoms. The van der Waals surface area contributed by atoms with Gasteiger partial charge in [-0.15, -0.1) is 0 Å². The molecule has 0 aliphatic heterocycles. The molecule has 5 N–H and O–H groups in total. The van der Waals surface area contributed by atoms with Crippen LogP contribution in [0.4, 0.5) is 4.79 Å². The average molecular weight is 189 g/mol. The minimum Gasteiger partial charge on any atom is -0.465 e. The lowest BCUT2D eigenvalue weighted by Gasteiger charge is -2.20. The summed E-state index contributed by atoms with van der Waals surface area (Å²) in [5, 5.41) is 26.2. The normalized spacial score (nSPS) is 12.3. The first-order valence-electron chi connectivity index (χ1n) is 3.94. The molecule has 1 amide bonds. The van der Waals surface area contributed by atoms with E-state index in [0.29, 0.717) is 0 Å². The van der Waals surface area contributed by atoms with Crippen molar-refractivity contribution in [3.8, 4) is 0 Å². The number of hydroxylamine groups is 1. The summed E-state index contributed by atoms with van der Waals surface area (Å²) in [6.07, 6.45) is -0.968. The molecule has 0 radical (unpaired) electrons. The number of amides is 1. The fraction of sp³-hybridized carbons (Fsp3) is 0.714. The van der Waals surface area contributed by atoms with Crippen LogP contribution in [0, 0.1) is 11.3 Å². The Morgan fingerprint density at radius 2 is 2.08 bits per heavy atom. The van der Waals surface area contributed by atoms with Crippen LogP contribution in [0.1, 0.15) is 20.3 Å². The van der Waals surface area contributed by atoms with Gasteiger partial charge in [-0.05, 0) is 5.92 Å². The van der Waals surface area contributed by atoms with Gasteiger partial charge in [-0.2, -0.15) is 0 Å². The van der Waals surface area contributed by atoms with Gasteiger partial charge in [0.2, 0.25) is 0 Å². The first-order chi connectivity index (χ1) is 5.97. The van der Waals surface area contributed by atoms with E-state index in [1.807, 2.05) is 13.8 Å². The van der Waals surface area contributed by atoms with Crippen molar-refractivity contribution in [1.29, 1.82) is 5.41 Å². The number of hydrogen-bond donors (Lipinski definition) is 5. The average Bonchev–Trinajstić information content (AvgIpc) is 2.02. The summed E-state index contributed by atoms with van der Waals surface area (Å²) in [5.41, 5.74) is 1.67. The highest BCUT2D eigenvalue weighted by Crippen LogP contribution is 2.05. The van der Waals surface area contributed by atoms with Crippen molar-refractivity contribution in [3.63, 3.8) is 0 Å². The van der Waals surface area contributed by atoms with Gasteiger partial charge in [0, 0.05) is 12.5 Å². The van der Waals surface area contributed by atoms with Crippen LogP contribution >= 0.6 is 0 Å². The maximum atomic E-state index is 10.3. The quantitative estimate of drug-likeness (QED) is 0.254. The molecule has 0 saturated heterocycles. The smallest absolute Gasteiger partial charge is 0.404 e. The van der Waals surface area contributed by atoms with Crippen LogP contribution in [-0.4, -0.2) is 28.3 Å². The van der Waals surface area contributed by atoms with E-state index >= 15 is 0 Å². The maximum Gasteiger partial charge on any atom is 0.404 e. The van der Waals surface area contributed by atoms with E-state index in [4.69, 9.17) is 15.7 Å². The first-order valence-corrected chi connectivity index (χ1v) is 3.94. The number of rotatable bonds is 4. The molecule has 1 atom stereocenters. The second-order valence-corrected chi connectivity index (χ2v) is 3.09. The van der Waals surface area contributed by atoms with Gasteiger partial charge >= 0.3 is 6.09 Å². The van der Waals surface area contributed by atoms with Crippen molar-refractivity contribution >= 4 is 11.9 Å². The third kappa shape index (κ3) is 5.02. The molecular weight excluding hydrogens is 174 g/mol. The molecule has 0 aromatic carbocycles. The third-order valence-corrected chi connectivity index (χ3v) is 1.67. The monoisotopic (exact) mass is 189 g/mol. The Morgan fingerprint density at radius 1 is 1.54 bits per heavy atom. The van der Waals surface area contributed by atoms with Crippen LogP contribution in [0.2, 0.25) is 0 Å². The van der Waals surface area contributed by atoms with Crippen molar-refractivity contribution in [2.24, 2.45) is 5.92 Å². The Hall–Kier alpha value is -1.30. The summed E-state index contributed by atoms with van der Waals surface area (Å²) >= 11 is 0. The number of nitrogens with one attached hydrogen (secondary N) is 3. The van der Waals surface area contributed by atoms with Gasteiger partial charge in [-0.1, -0.05) is 13.8 Å². The summed E-state index contributed by atoms with van der Waals surface area (Å²) < 4.78 is 0. The van der Waals surface area contributed by atoms with Crippen LogP contribution in [0.3, 0.4) is 0 Å². The summed E-state index contributed by atoms with van der Waals surface area (Å²) in [5.74, 6) is -0.0303. The molecule has 0 rings (SSSR count). The molecule has 0 aromatic heterocycles. The lowest BCUT2D eigenvalue weighted by atomic mass is 10.0. The van der Waals surface area contributed by atoms with Crippen molar-refractivity contribution in [1.82, 2.24) is 10.8 Å². The fourth-order valence-corrected chi connectivity index (χ4v) is 0.878. The van der Waals surface area contributed by atoms with Gasteiger partial charge in [0.15, 0.2) is 0 Å². The molecule has 6 nitrogen and oxygen atoms in total. The van der Waals surface area contributed by atoms with Crippen LogP contribution in [0.25, 0.3) is 0 Å². The SMILES string of the molecule is CC(C)C(CC(=N)NO)NC(=O)O. The van der Waals surface area contributed by atoms with E-state index in [1.165, 1.54) is 0 Å². The Morgan fingerprint density at radius 3 is 2.38 bits per heavy atom. The number of hydrogen-bond acceptors (Lipinski definition) is 3. The predicted octanol–water partition coefficient (Wildman–Crippen LogP) is 0.625. The second-order valence-electron chi connectivity index (χ2n) is 3.09. The molecule has 6 heteroatoms. The van der Waals surface area contributed by atoms with E-state index in [2.05, 4.69) is 5.32 Å². The molecule has 76 valence electrons. The zero-order chi connectivity index (χ0) is 10.4. The highest BCUT2D eigenvalue weighted by molar-refractivity contribution is 5.79. The van der Waals surface area contributed by atoms with E-state index in [-0.39, 0.29) is 24.2 Å². The predicted molar refractivity (Wildman–Crippen MR) is 47.1 cm³/mol. The highest BCUT2D eigenvalue weighted by atomic mass is 16.5. The Kier molecular flexibility index (Phi) is 4.83. The lowest BCUT2D eigenvalue weighted by molar-refractivity contribution is 0.185. The van der Waals surface area contributed by atoms with E-state index < -0.39 is 6.09 Å². The molecule has 0 aliphatic rings. The molecule has 0 aromatic rings. The number of carboxylic acid groups (broad SMARTS) is 1. The number of amidine groups is 1. The lowest BCUT2D eigenvalue weighted by Crippen LogP contribution is -2.41. The number of carbonyl (C=O) groups is 1.